The van der Waals surface area contributed by atoms with Crippen molar-refractivity contribution in [2.75, 3.05) is 20.2 Å². The van der Waals surface area contributed by atoms with Crippen LogP contribution >= 0.6 is 0 Å². The summed E-state index contributed by atoms with van der Waals surface area (Å²) in [5.41, 5.74) is 2.93. The molecule has 1 aromatic carbocycles. The minimum atomic E-state index is 0.175. The molecule has 2 N–H and O–H groups in total. The van der Waals surface area contributed by atoms with Crippen LogP contribution in [0.15, 0.2) is 29.3 Å². The third-order valence-corrected chi connectivity index (χ3v) is 5.75. The summed E-state index contributed by atoms with van der Waals surface area (Å²) in [6.45, 7) is 8.56. The van der Waals surface area contributed by atoms with Crippen LogP contribution < -0.4 is 10.6 Å². The van der Waals surface area contributed by atoms with Crippen LogP contribution in [0.5, 0.6) is 0 Å². The second-order valence-corrected chi connectivity index (χ2v) is 7.61. The van der Waals surface area contributed by atoms with Gasteiger partial charge in [0, 0.05) is 37.6 Å². The quantitative estimate of drug-likeness (QED) is 0.645. The SMILES string of the molecule is CCc1ccc(CCNC(=NC)NC2C3CCOC3C2(C)C)cc1. The minimum absolute atomic E-state index is 0.175. The fourth-order valence-corrected chi connectivity index (χ4v) is 4.23. The molecule has 1 heterocycles. The average molecular weight is 329 g/mol. The highest BCUT2D eigenvalue weighted by Crippen LogP contribution is 2.52. The molecule has 3 atom stereocenters. The molecule has 4 nitrogen and oxygen atoms in total. The van der Waals surface area contributed by atoms with Crippen LogP contribution in [0.2, 0.25) is 0 Å². The first-order valence-corrected chi connectivity index (χ1v) is 9.23. The minimum Gasteiger partial charge on any atom is -0.377 e. The van der Waals surface area contributed by atoms with Crippen LogP contribution in [0, 0.1) is 11.3 Å². The number of ether oxygens (including phenoxy) is 1. The molecule has 2 fully saturated rings. The zero-order chi connectivity index (χ0) is 17.2. The first-order valence-electron chi connectivity index (χ1n) is 9.23. The molecule has 24 heavy (non-hydrogen) atoms. The molecule has 4 heteroatoms. The Morgan fingerprint density at radius 3 is 2.62 bits per heavy atom. The van der Waals surface area contributed by atoms with Gasteiger partial charge < -0.3 is 15.4 Å². The lowest BCUT2D eigenvalue weighted by Crippen LogP contribution is -2.68. The van der Waals surface area contributed by atoms with Crippen molar-refractivity contribution >= 4 is 5.96 Å². The summed E-state index contributed by atoms with van der Waals surface area (Å²) < 4.78 is 5.87. The molecule has 132 valence electrons. The van der Waals surface area contributed by atoms with E-state index in [1.165, 1.54) is 11.1 Å². The van der Waals surface area contributed by atoms with Crippen molar-refractivity contribution in [3.8, 4) is 0 Å². The second kappa shape index (κ2) is 7.14. The number of rotatable bonds is 5. The Hall–Kier alpha value is -1.55. The van der Waals surface area contributed by atoms with Crippen molar-refractivity contribution in [3.05, 3.63) is 35.4 Å². The van der Waals surface area contributed by atoms with Crippen molar-refractivity contribution in [1.29, 1.82) is 0 Å². The third kappa shape index (κ3) is 3.30. The van der Waals surface area contributed by atoms with Crippen LogP contribution in [0.4, 0.5) is 0 Å². The van der Waals surface area contributed by atoms with Crippen LogP contribution in [0.3, 0.4) is 0 Å². The number of hydrogen-bond donors (Lipinski definition) is 2. The molecule has 0 bridgehead atoms. The summed E-state index contributed by atoms with van der Waals surface area (Å²) in [6.07, 6.45) is 3.67. The second-order valence-electron chi connectivity index (χ2n) is 7.61. The fourth-order valence-electron chi connectivity index (χ4n) is 4.23. The number of aryl methyl sites for hydroxylation is 1. The lowest BCUT2D eigenvalue weighted by Gasteiger charge is -2.54. The molecule has 1 saturated heterocycles. The van der Waals surface area contributed by atoms with Gasteiger partial charge in [-0.1, -0.05) is 45.0 Å². The lowest BCUT2D eigenvalue weighted by molar-refractivity contribution is -0.106. The molecule has 0 amide bonds. The zero-order valence-corrected chi connectivity index (χ0v) is 15.4. The lowest BCUT2D eigenvalue weighted by atomic mass is 9.57. The summed E-state index contributed by atoms with van der Waals surface area (Å²) >= 11 is 0. The van der Waals surface area contributed by atoms with Gasteiger partial charge in [0.15, 0.2) is 5.96 Å². The van der Waals surface area contributed by atoms with E-state index in [4.69, 9.17) is 4.74 Å². The maximum absolute atomic E-state index is 5.87. The Morgan fingerprint density at radius 1 is 1.25 bits per heavy atom. The van der Waals surface area contributed by atoms with E-state index in [2.05, 4.69) is 60.7 Å². The zero-order valence-electron chi connectivity index (χ0n) is 15.4. The number of guanidine groups is 1. The van der Waals surface area contributed by atoms with Gasteiger partial charge in [-0.25, -0.2) is 0 Å². The summed E-state index contributed by atoms with van der Waals surface area (Å²) in [5, 5.41) is 7.09. The number of fused-ring (bicyclic) bond motifs is 1. The van der Waals surface area contributed by atoms with Gasteiger partial charge in [0.25, 0.3) is 0 Å². The Bertz CT molecular complexity index is 579. The summed E-state index contributed by atoms with van der Waals surface area (Å²) in [6, 6.07) is 9.34. The normalized spacial score (nSPS) is 28.2. The van der Waals surface area contributed by atoms with Crippen molar-refractivity contribution in [1.82, 2.24) is 10.6 Å². The highest BCUT2D eigenvalue weighted by Gasteiger charge is 2.59. The van der Waals surface area contributed by atoms with E-state index < -0.39 is 0 Å². The highest BCUT2D eigenvalue weighted by molar-refractivity contribution is 5.80. The van der Waals surface area contributed by atoms with E-state index in [0.29, 0.717) is 18.1 Å². The number of hydrogen-bond acceptors (Lipinski definition) is 2. The molecule has 3 rings (SSSR count). The van der Waals surface area contributed by atoms with Gasteiger partial charge in [-0.2, -0.15) is 0 Å². The highest BCUT2D eigenvalue weighted by atomic mass is 16.5. The van der Waals surface area contributed by atoms with E-state index in [1.54, 1.807) is 0 Å². The predicted molar refractivity (Wildman–Crippen MR) is 99.4 cm³/mol. The van der Waals surface area contributed by atoms with Crippen molar-refractivity contribution in [2.45, 2.75) is 52.2 Å². The van der Waals surface area contributed by atoms with E-state index >= 15 is 0 Å². The monoisotopic (exact) mass is 329 g/mol. The molecular weight excluding hydrogens is 298 g/mol. The molecule has 1 aromatic rings. The maximum Gasteiger partial charge on any atom is 0.191 e. The Kier molecular flexibility index (Phi) is 5.14. The van der Waals surface area contributed by atoms with E-state index in [9.17, 15) is 0 Å². The van der Waals surface area contributed by atoms with Crippen molar-refractivity contribution < 1.29 is 4.74 Å². The average Bonchev–Trinajstić information content (AvgIpc) is 3.05. The van der Waals surface area contributed by atoms with Crippen LogP contribution in [-0.4, -0.2) is 38.3 Å². The summed E-state index contributed by atoms with van der Waals surface area (Å²) in [4.78, 5) is 4.40. The number of benzene rings is 1. The third-order valence-electron chi connectivity index (χ3n) is 5.75. The van der Waals surface area contributed by atoms with Gasteiger partial charge >= 0.3 is 0 Å². The number of aliphatic imine (C=N–C) groups is 1. The Morgan fingerprint density at radius 2 is 1.96 bits per heavy atom. The fraction of sp³-hybridized carbons (Fsp3) is 0.650. The van der Waals surface area contributed by atoms with E-state index in [1.807, 2.05) is 7.05 Å². The molecule has 3 unspecified atom stereocenters. The molecule has 2 aliphatic rings. The van der Waals surface area contributed by atoms with E-state index in [-0.39, 0.29) is 5.41 Å². The first-order chi connectivity index (χ1) is 11.6. The molecule has 0 spiro atoms. The molecule has 1 saturated carbocycles. The Labute approximate surface area is 146 Å². The van der Waals surface area contributed by atoms with Gasteiger partial charge in [0.1, 0.15) is 0 Å². The van der Waals surface area contributed by atoms with E-state index in [0.717, 1.165) is 38.4 Å². The molecular formula is C20H31N3O. The van der Waals surface area contributed by atoms with Gasteiger partial charge in [-0.15, -0.1) is 0 Å². The van der Waals surface area contributed by atoms with Gasteiger partial charge in [0.05, 0.1) is 6.10 Å². The topological polar surface area (TPSA) is 45.7 Å². The Balaban J connectivity index is 1.48. The molecule has 1 aliphatic heterocycles. The van der Waals surface area contributed by atoms with Crippen molar-refractivity contribution in [3.63, 3.8) is 0 Å². The summed E-state index contributed by atoms with van der Waals surface area (Å²) in [5.74, 6) is 1.53. The van der Waals surface area contributed by atoms with Gasteiger partial charge in [-0.05, 0) is 30.4 Å². The van der Waals surface area contributed by atoms with Crippen LogP contribution in [0.25, 0.3) is 0 Å². The number of nitrogens with zero attached hydrogens (tertiary/aromatic N) is 1. The standard InChI is InChI=1S/C20H31N3O/c1-5-14-6-8-15(9-7-14)10-12-22-19(21-4)23-17-16-11-13-24-18(16)20(17,2)3/h6-9,16-18H,5,10-13H2,1-4H3,(H2,21,22,23). The van der Waals surface area contributed by atoms with Crippen molar-refractivity contribution in [2.24, 2.45) is 16.3 Å². The molecule has 1 aliphatic carbocycles. The summed E-state index contributed by atoms with van der Waals surface area (Å²) in [7, 11) is 1.85. The number of nitrogens with one attached hydrogen (secondary N) is 2. The van der Waals surface area contributed by atoms with Gasteiger partial charge in [0.2, 0.25) is 0 Å². The van der Waals surface area contributed by atoms with Crippen LogP contribution in [0.1, 0.15) is 38.3 Å². The first kappa shape index (κ1) is 17.3. The molecule has 0 radical (unpaired) electrons. The van der Waals surface area contributed by atoms with Crippen LogP contribution in [-0.2, 0) is 17.6 Å². The molecule has 0 aromatic heterocycles. The predicted octanol–water partition coefficient (Wildman–Crippen LogP) is 2.77. The van der Waals surface area contributed by atoms with Gasteiger partial charge in [-0.3, -0.25) is 4.99 Å². The maximum atomic E-state index is 5.87. The smallest absolute Gasteiger partial charge is 0.191 e. The largest absolute Gasteiger partial charge is 0.377 e.